The molecule has 0 aliphatic rings. The Morgan fingerprint density at radius 2 is 1.88 bits per heavy atom. The van der Waals surface area contributed by atoms with Gasteiger partial charge in [-0.2, -0.15) is 0 Å². The molecule has 2 aromatic rings. The van der Waals surface area contributed by atoms with Crippen LogP contribution in [0.5, 0.6) is 5.75 Å². The van der Waals surface area contributed by atoms with Crippen LogP contribution in [-0.4, -0.2) is 31.0 Å². The minimum atomic E-state index is -0.446. The van der Waals surface area contributed by atoms with E-state index in [1.54, 1.807) is 25.3 Å². The van der Waals surface area contributed by atoms with Crippen molar-refractivity contribution in [1.82, 2.24) is 5.32 Å². The third kappa shape index (κ3) is 5.65. The lowest BCUT2D eigenvalue weighted by Crippen LogP contribution is -2.27. The van der Waals surface area contributed by atoms with Gasteiger partial charge < -0.3 is 15.4 Å². The SMILES string of the molecule is COc1ccccc1/C=C/C(=O)NCCNc1ccc([N+](=O)[O-])cc1. The smallest absolute Gasteiger partial charge is 0.269 e. The maximum absolute atomic E-state index is 11.8. The number of hydrogen-bond acceptors (Lipinski definition) is 5. The van der Waals surface area contributed by atoms with E-state index >= 15 is 0 Å². The summed E-state index contributed by atoms with van der Waals surface area (Å²) in [6, 6.07) is 13.5. The number of nitro groups is 1. The Balaban J connectivity index is 1.75. The molecular formula is C18H19N3O4. The highest BCUT2D eigenvalue weighted by Crippen LogP contribution is 2.18. The Morgan fingerprint density at radius 3 is 2.56 bits per heavy atom. The second-order valence-electron chi connectivity index (χ2n) is 5.10. The molecule has 2 rings (SSSR count). The highest BCUT2D eigenvalue weighted by atomic mass is 16.6. The van der Waals surface area contributed by atoms with Crippen molar-refractivity contribution in [3.05, 3.63) is 70.3 Å². The lowest BCUT2D eigenvalue weighted by Gasteiger charge is -2.07. The molecule has 0 saturated heterocycles. The van der Waals surface area contributed by atoms with Gasteiger partial charge in [-0.25, -0.2) is 0 Å². The van der Waals surface area contributed by atoms with Gasteiger partial charge in [0.1, 0.15) is 5.75 Å². The minimum Gasteiger partial charge on any atom is -0.496 e. The molecule has 0 radical (unpaired) electrons. The van der Waals surface area contributed by atoms with Gasteiger partial charge in [-0.1, -0.05) is 18.2 Å². The first-order chi connectivity index (χ1) is 12.1. The van der Waals surface area contributed by atoms with E-state index in [0.29, 0.717) is 18.8 Å². The quantitative estimate of drug-likeness (QED) is 0.333. The van der Waals surface area contributed by atoms with Crippen molar-refractivity contribution in [2.45, 2.75) is 0 Å². The normalized spacial score (nSPS) is 10.4. The molecule has 0 aliphatic heterocycles. The van der Waals surface area contributed by atoms with Crippen LogP contribution in [0.1, 0.15) is 5.56 Å². The van der Waals surface area contributed by atoms with E-state index in [9.17, 15) is 14.9 Å². The fourth-order valence-corrected chi connectivity index (χ4v) is 2.12. The summed E-state index contributed by atoms with van der Waals surface area (Å²) in [5, 5.41) is 16.4. The molecule has 25 heavy (non-hydrogen) atoms. The lowest BCUT2D eigenvalue weighted by atomic mass is 10.2. The van der Waals surface area contributed by atoms with E-state index in [2.05, 4.69) is 10.6 Å². The second kappa shape index (κ2) is 9.07. The number of nitrogens with zero attached hydrogens (tertiary/aromatic N) is 1. The molecule has 2 N–H and O–H groups in total. The highest BCUT2D eigenvalue weighted by Gasteiger charge is 2.03. The average Bonchev–Trinajstić information content (AvgIpc) is 2.64. The number of anilines is 1. The first-order valence-electron chi connectivity index (χ1n) is 7.67. The summed E-state index contributed by atoms with van der Waals surface area (Å²) < 4.78 is 5.21. The molecule has 0 saturated carbocycles. The van der Waals surface area contributed by atoms with Crippen molar-refractivity contribution >= 4 is 23.4 Å². The van der Waals surface area contributed by atoms with Crippen molar-refractivity contribution in [2.24, 2.45) is 0 Å². The third-order valence-electron chi connectivity index (χ3n) is 3.38. The maximum Gasteiger partial charge on any atom is 0.269 e. The summed E-state index contributed by atoms with van der Waals surface area (Å²) in [4.78, 5) is 21.9. The standard InChI is InChI=1S/C18H19N3O4/c1-25-17-5-3-2-4-14(17)6-11-18(22)20-13-12-19-15-7-9-16(10-8-15)21(23)24/h2-11,19H,12-13H2,1H3,(H,20,22)/b11-6+. The third-order valence-corrected chi connectivity index (χ3v) is 3.38. The minimum absolute atomic E-state index is 0.0420. The molecule has 1 amide bonds. The van der Waals surface area contributed by atoms with Gasteiger partial charge in [0, 0.05) is 42.5 Å². The van der Waals surface area contributed by atoms with Crippen LogP contribution in [0.25, 0.3) is 6.08 Å². The van der Waals surface area contributed by atoms with Crippen molar-refractivity contribution in [3.8, 4) is 5.75 Å². The molecule has 7 nitrogen and oxygen atoms in total. The number of para-hydroxylation sites is 1. The number of ether oxygens (including phenoxy) is 1. The Bertz CT molecular complexity index is 757. The number of rotatable bonds is 8. The molecule has 2 aromatic carbocycles. The summed E-state index contributed by atoms with van der Waals surface area (Å²) in [5.41, 5.74) is 1.62. The van der Waals surface area contributed by atoms with Gasteiger partial charge in [0.05, 0.1) is 12.0 Å². The van der Waals surface area contributed by atoms with E-state index in [1.165, 1.54) is 18.2 Å². The molecule has 130 valence electrons. The fourth-order valence-electron chi connectivity index (χ4n) is 2.12. The number of nitrogens with one attached hydrogen (secondary N) is 2. The largest absolute Gasteiger partial charge is 0.496 e. The van der Waals surface area contributed by atoms with Crippen molar-refractivity contribution < 1.29 is 14.5 Å². The van der Waals surface area contributed by atoms with Crippen LogP contribution in [0.3, 0.4) is 0 Å². The molecule has 7 heteroatoms. The average molecular weight is 341 g/mol. The molecule has 0 aliphatic carbocycles. The van der Waals surface area contributed by atoms with Crippen molar-refractivity contribution in [2.75, 3.05) is 25.5 Å². The summed E-state index contributed by atoms with van der Waals surface area (Å²) in [6.07, 6.45) is 3.14. The van der Waals surface area contributed by atoms with Gasteiger partial charge in [-0.15, -0.1) is 0 Å². The van der Waals surface area contributed by atoms with Crippen LogP contribution in [0.4, 0.5) is 11.4 Å². The Hall–Kier alpha value is -3.35. The number of benzene rings is 2. The van der Waals surface area contributed by atoms with Crippen molar-refractivity contribution in [3.63, 3.8) is 0 Å². The first-order valence-corrected chi connectivity index (χ1v) is 7.67. The number of methoxy groups -OCH3 is 1. The molecule has 0 heterocycles. The van der Waals surface area contributed by atoms with Crippen LogP contribution in [0.15, 0.2) is 54.6 Å². The molecule has 0 unspecified atom stereocenters. The number of hydrogen-bond donors (Lipinski definition) is 2. The number of non-ortho nitro benzene ring substituents is 1. The lowest BCUT2D eigenvalue weighted by molar-refractivity contribution is -0.384. The number of carbonyl (C=O) groups is 1. The second-order valence-corrected chi connectivity index (χ2v) is 5.10. The van der Waals surface area contributed by atoms with Crippen LogP contribution >= 0.6 is 0 Å². The predicted octanol–water partition coefficient (Wildman–Crippen LogP) is 2.84. The van der Waals surface area contributed by atoms with Gasteiger partial charge in [-0.3, -0.25) is 14.9 Å². The first kappa shape index (κ1) is 18.0. The zero-order valence-electron chi connectivity index (χ0n) is 13.8. The zero-order chi connectivity index (χ0) is 18.1. The summed E-state index contributed by atoms with van der Waals surface area (Å²) in [5.74, 6) is 0.489. The predicted molar refractivity (Wildman–Crippen MR) is 96.6 cm³/mol. The monoisotopic (exact) mass is 341 g/mol. The Morgan fingerprint density at radius 1 is 1.16 bits per heavy atom. The summed E-state index contributed by atoms with van der Waals surface area (Å²) in [6.45, 7) is 0.929. The Kier molecular flexibility index (Phi) is 6.53. The van der Waals surface area contributed by atoms with Gasteiger partial charge in [0.25, 0.3) is 5.69 Å². The number of nitro benzene ring substituents is 1. The van der Waals surface area contributed by atoms with Gasteiger partial charge in [-0.05, 0) is 24.3 Å². The van der Waals surface area contributed by atoms with Gasteiger partial charge >= 0.3 is 0 Å². The highest BCUT2D eigenvalue weighted by molar-refractivity contribution is 5.92. The van der Waals surface area contributed by atoms with Crippen LogP contribution in [0.2, 0.25) is 0 Å². The molecule has 0 fully saturated rings. The van der Waals surface area contributed by atoms with E-state index in [4.69, 9.17) is 4.74 Å². The van der Waals surface area contributed by atoms with Crippen LogP contribution in [0, 0.1) is 10.1 Å². The van der Waals surface area contributed by atoms with Gasteiger partial charge in [0.2, 0.25) is 5.91 Å². The van der Waals surface area contributed by atoms with E-state index < -0.39 is 4.92 Å². The van der Waals surface area contributed by atoms with Crippen LogP contribution in [-0.2, 0) is 4.79 Å². The molecule has 0 aromatic heterocycles. The number of carbonyl (C=O) groups excluding carboxylic acids is 1. The molecule has 0 bridgehead atoms. The Labute approximate surface area is 145 Å². The molecular weight excluding hydrogens is 322 g/mol. The van der Waals surface area contributed by atoms with E-state index in [-0.39, 0.29) is 11.6 Å². The summed E-state index contributed by atoms with van der Waals surface area (Å²) in [7, 11) is 1.58. The van der Waals surface area contributed by atoms with Gasteiger partial charge in [0.15, 0.2) is 0 Å². The molecule has 0 atom stereocenters. The molecule has 0 spiro atoms. The fraction of sp³-hybridized carbons (Fsp3) is 0.167. The zero-order valence-corrected chi connectivity index (χ0v) is 13.8. The summed E-state index contributed by atoms with van der Waals surface area (Å²) >= 11 is 0. The van der Waals surface area contributed by atoms with Crippen molar-refractivity contribution in [1.29, 1.82) is 0 Å². The topological polar surface area (TPSA) is 93.5 Å². The maximum atomic E-state index is 11.8. The van der Waals surface area contributed by atoms with Crippen LogP contribution < -0.4 is 15.4 Å². The van der Waals surface area contributed by atoms with E-state index in [0.717, 1.165) is 11.3 Å². The van der Waals surface area contributed by atoms with E-state index in [1.807, 2.05) is 24.3 Å². The number of amides is 1.